The minimum atomic E-state index is -0.0579. The SMILES string of the molecule is Cc1ccccc1NC(=O)CSc1nnc2cc(C)c3ccccc3n12. The van der Waals surface area contributed by atoms with Gasteiger partial charge in [-0.25, -0.2) is 0 Å². The van der Waals surface area contributed by atoms with Crippen molar-refractivity contribution >= 4 is 39.9 Å². The third-order valence-electron chi connectivity index (χ3n) is 4.33. The van der Waals surface area contributed by atoms with Gasteiger partial charge >= 0.3 is 0 Å². The highest BCUT2D eigenvalue weighted by atomic mass is 32.2. The number of aromatic nitrogens is 3. The van der Waals surface area contributed by atoms with E-state index < -0.39 is 0 Å². The number of fused-ring (bicyclic) bond motifs is 3. The molecule has 0 aliphatic heterocycles. The van der Waals surface area contributed by atoms with E-state index in [2.05, 4.69) is 34.6 Å². The molecule has 0 unspecified atom stereocenters. The smallest absolute Gasteiger partial charge is 0.234 e. The summed E-state index contributed by atoms with van der Waals surface area (Å²) in [5.41, 5.74) is 4.89. The van der Waals surface area contributed by atoms with Crippen LogP contribution in [0.25, 0.3) is 16.6 Å². The maximum atomic E-state index is 12.3. The van der Waals surface area contributed by atoms with Crippen LogP contribution >= 0.6 is 11.8 Å². The third-order valence-corrected chi connectivity index (χ3v) is 5.25. The minimum Gasteiger partial charge on any atom is -0.325 e. The first-order valence-electron chi connectivity index (χ1n) is 8.35. The molecule has 0 atom stereocenters. The zero-order valence-electron chi connectivity index (χ0n) is 14.6. The third kappa shape index (κ3) is 3.04. The van der Waals surface area contributed by atoms with Crippen molar-refractivity contribution in [3.05, 3.63) is 65.7 Å². The quantitative estimate of drug-likeness (QED) is 0.552. The number of benzene rings is 2. The molecule has 4 rings (SSSR count). The molecular weight excluding hydrogens is 344 g/mol. The monoisotopic (exact) mass is 362 g/mol. The summed E-state index contributed by atoms with van der Waals surface area (Å²) in [4.78, 5) is 12.3. The molecule has 1 N–H and O–H groups in total. The number of nitrogens with zero attached hydrogens (tertiary/aromatic N) is 3. The minimum absolute atomic E-state index is 0.0579. The van der Waals surface area contributed by atoms with E-state index in [1.807, 2.05) is 53.8 Å². The van der Waals surface area contributed by atoms with Crippen molar-refractivity contribution in [2.24, 2.45) is 0 Å². The Morgan fingerprint density at radius 1 is 1.04 bits per heavy atom. The number of hydrogen-bond donors (Lipinski definition) is 1. The van der Waals surface area contributed by atoms with Crippen LogP contribution in [0.1, 0.15) is 11.1 Å². The molecule has 0 spiro atoms. The van der Waals surface area contributed by atoms with Crippen LogP contribution in [0.3, 0.4) is 0 Å². The highest BCUT2D eigenvalue weighted by Gasteiger charge is 2.13. The van der Waals surface area contributed by atoms with E-state index in [-0.39, 0.29) is 11.7 Å². The number of anilines is 1. The molecule has 4 aromatic rings. The highest BCUT2D eigenvalue weighted by Crippen LogP contribution is 2.25. The Kier molecular flexibility index (Phi) is 4.34. The van der Waals surface area contributed by atoms with Crippen molar-refractivity contribution < 1.29 is 4.79 Å². The molecule has 0 saturated heterocycles. The molecule has 0 aliphatic rings. The Morgan fingerprint density at radius 2 is 1.81 bits per heavy atom. The number of rotatable bonds is 4. The fraction of sp³-hybridized carbons (Fsp3) is 0.150. The number of pyridine rings is 1. The van der Waals surface area contributed by atoms with Gasteiger partial charge in [0.25, 0.3) is 0 Å². The van der Waals surface area contributed by atoms with Gasteiger partial charge in [0.2, 0.25) is 5.91 Å². The number of aryl methyl sites for hydroxylation is 2. The lowest BCUT2D eigenvalue weighted by atomic mass is 10.1. The standard InChI is InChI=1S/C20H18N4OS/c1-13-7-3-5-9-16(13)21-19(25)12-26-20-23-22-18-11-14(2)15-8-4-6-10-17(15)24(18)20/h3-11H,12H2,1-2H3,(H,21,25). The van der Waals surface area contributed by atoms with Crippen molar-refractivity contribution in [3.8, 4) is 0 Å². The van der Waals surface area contributed by atoms with Crippen LogP contribution in [0.4, 0.5) is 5.69 Å². The lowest BCUT2D eigenvalue weighted by molar-refractivity contribution is -0.113. The zero-order valence-corrected chi connectivity index (χ0v) is 15.4. The summed E-state index contributed by atoms with van der Waals surface area (Å²) < 4.78 is 2.01. The largest absolute Gasteiger partial charge is 0.325 e. The van der Waals surface area contributed by atoms with E-state index >= 15 is 0 Å². The second kappa shape index (κ2) is 6.80. The molecule has 0 radical (unpaired) electrons. The lowest BCUT2D eigenvalue weighted by Crippen LogP contribution is -2.15. The molecule has 2 heterocycles. The Morgan fingerprint density at radius 3 is 2.65 bits per heavy atom. The van der Waals surface area contributed by atoms with E-state index in [0.29, 0.717) is 0 Å². The van der Waals surface area contributed by atoms with E-state index in [9.17, 15) is 4.79 Å². The van der Waals surface area contributed by atoms with E-state index in [4.69, 9.17) is 0 Å². The summed E-state index contributed by atoms with van der Waals surface area (Å²) in [5.74, 6) is 0.217. The first-order valence-corrected chi connectivity index (χ1v) is 9.34. The van der Waals surface area contributed by atoms with Crippen molar-refractivity contribution in [1.82, 2.24) is 14.6 Å². The van der Waals surface area contributed by atoms with Gasteiger partial charge in [-0.05, 0) is 43.2 Å². The topological polar surface area (TPSA) is 59.3 Å². The van der Waals surface area contributed by atoms with Gasteiger partial charge < -0.3 is 5.32 Å². The second-order valence-corrected chi connectivity index (χ2v) is 7.11. The molecule has 6 heteroatoms. The summed E-state index contributed by atoms with van der Waals surface area (Å²) in [7, 11) is 0. The zero-order chi connectivity index (χ0) is 18.1. The number of para-hydroxylation sites is 2. The Hall–Kier alpha value is -2.86. The molecule has 1 amide bonds. The van der Waals surface area contributed by atoms with Crippen molar-refractivity contribution in [2.75, 3.05) is 11.1 Å². The van der Waals surface area contributed by atoms with Crippen LogP contribution in [-0.4, -0.2) is 26.3 Å². The van der Waals surface area contributed by atoms with Crippen molar-refractivity contribution in [3.63, 3.8) is 0 Å². The fourth-order valence-electron chi connectivity index (χ4n) is 3.00. The van der Waals surface area contributed by atoms with Crippen LogP contribution in [0, 0.1) is 13.8 Å². The molecule has 130 valence electrons. The van der Waals surface area contributed by atoms with Gasteiger partial charge in [0.05, 0.1) is 11.3 Å². The normalized spacial score (nSPS) is 11.2. The first-order chi connectivity index (χ1) is 12.6. The van der Waals surface area contributed by atoms with Gasteiger partial charge in [-0.3, -0.25) is 9.20 Å². The molecule has 0 saturated carbocycles. The van der Waals surface area contributed by atoms with Gasteiger partial charge in [-0.15, -0.1) is 10.2 Å². The number of carbonyl (C=O) groups is 1. The van der Waals surface area contributed by atoms with Gasteiger partial charge in [-0.2, -0.15) is 0 Å². The average molecular weight is 362 g/mol. The van der Waals surface area contributed by atoms with Gasteiger partial charge in [0, 0.05) is 11.1 Å². The average Bonchev–Trinajstić information content (AvgIpc) is 3.05. The molecular formula is C20H18N4OS. The van der Waals surface area contributed by atoms with Crippen molar-refractivity contribution in [1.29, 1.82) is 0 Å². The summed E-state index contributed by atoms with van der Waals surface area (Å²) in [6.07, 6.45) is 0. The number of thioether (sulfide) groups is 1. The Balaban J connectivity index is 1.59. The molecule has 2 aromatic heterocycles. The fourth-order valence-corrected chi connectivity index (χ4v) is 3.75. The van der Waals surface area contributed by atoms with Crippen LogP contribution in [0.15, 0.2) is 59.8 Å². The van der Waals surface area contributed by atoms with Crippen LogP contribution < -0.4 is 5.32 Å². The van der Waals surface area contributed by atoms with Gasteiger partial charge in [0.15, 0.2) is 10.8 Å². The predicted molar refractivity (Wildman–Crippen MR) is 106 cm³/mol. The first kappa shape index (κ1) is 16.6. The summed E-state index contributed by atoms with van der Waals surface area (Å²) in [5, 5.41) is 13.4. The number of carbonyl (C=O) groups excluding carboxylic acids is 1. The molecule has 5 nitrogen and oxygen atoms in total. The van der Waals surface area contributed by atoms with Gasteiger partial charge in [-0.1, -0.05) is 48.2 Å². The Labute approximate surface area is 155 Å². The van der Waals surface area contributed by atoms with Crippen molar-refractivity contribution in [2.45, 2.75) is 19.0 Å². The molecule has 0 fully saturated rings. The Bertz CT molecular complexity index is 1120. The lowest BCUT2D eigenvalue weighted by Gasteiger charge is -2.08. The molecule has 26 heavy (non-hydrogen) atoms. The summed E-state index contributed by atoms with van der Waals surface area (Å²) in [6.45, 7) is 4.04. The summed E-state index contributed by atoms with van der Waals surface area (Å²) in [6, 6.07) is 17.9. The maximum absolute atomic E-state index is 12.3. The van der Waals surface area contributed by atoms with Crippen LogP contribution in [0.5, 0.6) is 0 Å². The number of nitrogens with one attached hydrogen (secondary N) is 1. The van der Waals surface area contributed by atoms with Gasteiger partial charge in [0.1, 0.15) is 0 Å². The molecule has 2 aromatic carbocycles. The molecule has 0 bridgehead atoms. The highest BCUT2D eigenvalue weighted by molar-refractivity contribution is 7.99. The maximum Gasteiger partial charge on any atom is 0.234 e. The number of hydrogen-bond acceptors (Lipinski definition) is 4. The number of amides is 1. The van der Waals surface area contributed by atoms with E-state index in [1.165, 1.54) is 11.8 Å². The van der Waals surface area contributed by atoms with E-state index in [1.54, 1.807) is 0 Å². The summed E-state index contributed by atoms with van der Waals surface area (Å²) >= 11 is 1.39. The van der Waals surface area contributed by atoms with E-state index in [0.717, 1.165) is 38.5 Å². The van der Waals surface area contributed by atoms with Crippen LogP contribution in [0.2, 0.25) is 0 Å². The molecule has 0 aliphatic carbocycles. The predicted octanol–water partition coefficient (Wildman–Crippen LogP) is 4.23. The second-order valence-electron chi connectivity index (χ2n) is 6.17. The van der Waals surface area contributed by atoms with Crippen LogP contribution in [-0.2, 0) is 4.79 Å².